The van der Waals surface area contributed by atoms with Crippen LogP contribution in [0.1, 0.15) is 32.3 Å². The number of nitrogens with one attached hydrogen (secondary N) is 2. The molecule has 0 aliphatic rings. The minimum atomic E-state index is -1.35. The fraction of sp³-hybridized carbons (Fsp3) is 0.438. The third-order valence-electron chi connectivity index (χ3n) is 3.12. The first-order chi connectivity index (χ1) is 10.9. The van der Waals surface area contributed by atoms with E-state index < -0.39 is 30.1 Å². The molecular weight excluding hydrogens is 300 g/mol. The molecule has 126 valence electrons. The number of amides is 2. The minimum absolute atomic E-state index is 0.0819. The van der Waals surface area contributed by atoms with Gasteiger partial charge in [0, 0.05) is 0 Å². The zero-order valence-corrected chi connectivity index (χ0v) is 13.2. The number of ether oxygens (including phenoxy) is 1. The van der Waals surface area contributed by atoms with Gasteiger partial charge in [-0.05, 0) is 18.9 Å². The van der Waals surface area contributed by atoms with Gasteiger partial charge in [-0.1, -0.05) is 43.7 Å². The van der Waals surface area contributed by atoms with Crippen molar-refractivity contribution in [2.24, 2.45) is 0 Å². The van der Waals surface area contributed by atoms with E-state index in [1.807, 2.05) is 18.2 Å². The molecule has 1 aromatic carbocycles. The van der Waals surface area contributed by atoms with Crippen molar-refractivity contribution < 1.29 is 24.2 Å². The van der Waals surface area contributed by atoms with E-state index in [-0.39, 0.29) is 13.0 Å². The lowest BCUT2D eigenvalue weighted by atomic mass is 10.1. The smallest absolute Gasteiger partial charge is 0.408 e. The Hall–Kier alpha value is -2.57. The highest BCUT2D eigenvalue weighted by molar-refractivity contribution is 5.88. The Kier molecular flexibility index (Phi) is 7.59. The van der Waals surface area contributed by atoms with Crippen molar-refractivity contribution in [3.63, 3.8) is 0 Å². The van der Waals surface area contributed by atoms with Crippen LogP contribution in [0.2, 0.25) is 0 Å². The summed E-state index contributed by atoms with van der Waals surface area (Å²) < 4.78 is 4.99. The molecule has 0 aromatic heterocycles. The molecule has 2 atom stereocenters. The van der Waals surface area contributed by atoms with Gasteiger partial charge in [0.15, 0.2) is 0 Å². The molecule has 7 heteroatoms. The van der Waals surface area contributed by atoms with E-state index in [4.69, 9.17) is 4.74 Å². The number of hydrogen-bond acceptors (Lipinski definition) is 5. The van der Waals surface area contributed by atoms with Crippen LogP contribution in [0.3, 0.4) is 0 Å². The number of carboxylic acid groups (broad SMARTS) is 1. The van der Waals surface area contributed by atoms with Gasteiger partial charge in [0.1, 0.15) is 12.6 Å². The third kappa shape index (κ3) is 6.82. The van der Waals surface area contributed by atoms with Crippen LogP contribution in [0.25, 0.3) is 0 Å². The molecule has 1 rings (SSSR count). The lowest BCUT2D eigenvalue weighted by molar-refractivity contribution is -0.308. The van der Waals surface area contributed by atoms with Crippen LogP contribution < -0.4 is 15.7 Å². The summed E-state index contributed by atoms with van der Waals surface area (Å²) in [4.78, 5) is 34.4. The van der Waals surface area contributed by atoms with Crippen LogP contribution in [-0.4, -0.2) is 30.1 Å². The van der Waals surface area contributed by atoms with Gasteiger partial charge in [-0.15, -0.1) is 0 Å². The highest BCUT2D eigenvalue weighted by Crippen LogP contribution is 2.01. The maximum atomic E-state index is 11.9. The molecule has 0 saturated carbocycles. The number of benzene rings is 1. The van der Waals surface area contributed by atoms with E-state index in [0.29, 0.717) is 6.42 Å². The van der Waals surface area contributed by atoms with Crippen molar-refractivity contribution in [3.05, 3.63) is 35.9 Å². The van der Waals surface area contributed by atoms with E-state index in [1.54, 1.807) is 19.1 Å². The molecule has 0 aliphatic carbocycles. The van der Waals surface area contributed by atoms with Crippen molar-refractivity contribution in [2.75, 3.05) is 0 Å². The highest BCUT2D eigenvalue weighted by Gasteiger charge is 2.20. The summed E-state index contributed by atoms with van der Waals surface area (Å²) in [6.45, 7) is 3.32. The Morgan fingerprint density at radius 1 is 1.17 bits per heavy atom. The fourth-order valence-electron chi connectivity index (χ4n) is 1.84. The van der Waals surface area contributed by atoms with Gasteiger partial charge in [-0.3, -0.25) is 4.79 Å². The average molecular weight is 321 g/mol. The van der Waals surface area contributed by atoms with Crippen LogP contribution in [0.15, 0.2) is 30.3 Å². The van der Waals surface area contributed by atoms with Gasteiger partial charge in [0.25, 0.3) is 0 Å². The quantitative estimate of drug-likeness (QED) is 0.718. The number of hydrogen-bond donors (Lipinski definition) is 2. The molecule has 0 radical (unpaired) electrons. The molecular formula is C16H21N2O5-. The first-order valence-corrected chi connectivity index (χ1v) is 7.42. The molecule has 0 heterocycles. The van der Waals surface area contributed by atoms with E-state index >= 15 is 0 Å². The molecule has 0 unspecified atom stereocenters. The van der Waals surface area contributed by atoms with Crippen molar-refractivity contribution in [1.29, 1.82) is 0 Å². The van der Waals surface area contributed by atoms with Crippen molar-refractivity contribution in [1.82, 2.24) is 10.6 Å². The number of carbonyl (C=O) groups is 3. The van der Waals surface area contributed by atoms with Gasteiger partial charge in [-0.25, -0.2) is 4.79 Å². The maximum Gasteiger partial charge on any atom is 0.408 e. The van der Waals surface area contributed by atoms with Gasteiger partial charge in [0.05, 0.1) is 12.0 Å². The van der Waals surface area contributed by atoms with E-state index in [2.05, 4.69) is 10.6 Å². The van der Waals surface area contributed by atoms with Gasteiger partial charge in [0.2, 0.25) is 5.91 Å². The number of carbonyl (C=O) groups excluding carboxylic acids is 3. The number of carboxylic acids is 1. The Balaban J connectivity index is 2.41. The zero-order chi connectivity index (χ0) is 17.2. The average Bonchev–Trinajstić information content (AvgIpc) is 2.53. The van der Waals surface area contributed by atoms with Crippen LogP contribution in [0.4, 0.5) is 4.79 Å². The Labute approximate surface area is 135 Å². The largest absolute Gasteiger partial charge is 0.548 e. The second-order valence-corrected chi connectivity index (χ2v) is 5.10. The van der Waals surface area contributed by atoms with Gasteiger partial charge in [-0.2, -0.15) is 0 Å². The van der Waals surface area contributed by atoms with Gasteiger partial charge >= 0.3 is 6.09 Å². The van der Waals surface area contributed by atoms with E-state index in [1.165, 1.54) is 6.92 Å². The maximum absolute atomic E-state index is 11.9. The molecule has 2 amide bonds. The predicted molar refractivity (Wildman–Crippen MR) is 81.1 cm³/mol. The summed E-state index contributed by atoms with van der Waals surface area (Å²) in [5, 5.41) is 15.6. The summed E-state index contributed by atoms with van der Waals surface area (Å²) in [5.41, 5.74) is 0.819. The summed E-state index contributed by atoms with van der Waals surface area (Å²) in [6, 6.07) is 7.10. The van der Waals surface area contributed by atoms with Crippen molar-refractivity contribution in [3.8, 4) is 0 Å². The van der Waals surface area contributed by atoms with Gasteiger partial charge < -0.3 is 25.3 Å². The van der Waals surface area contributed by atoms with Crippen LogP contribution in [-0.2, 0) is 20.9 Å². The lowest BCUT2D eigenvalue weighted by Crippen LogP contribution is -2.53. The summed E-state index contributed by atoms with van der Waals surface area (Å²) >= 11 is 0. The Morgan fingerprint density at radius 2 is 1.83 bits per heavy atom. The number of rotatable bonds is 8. The minimum Gasteiger partial charge on any atom is -0.548 e. The van der Waals surface area contributed by atoms with E-state index in [0.717, 1.165) is 5.56 Å². The number of aliphatic carboxylic acids is 1. The molecule has 0 spiro atoms. The lowest BCUT2D eigenvalue weighted by Gasteiger charge is -2.21. The van der Waals surface area contributed by atoms with Crippen molar-refractivity contribution >= 4 is 18.0 Å². The summed E-state index contributed by atoms with van der Waals surface area (Å²) in [7, 11) is 0. The number of alkyl carbamates (subject to hydrolysis) is 1. The molecule has 2 N–H and O–H groups in total. The summed E-state index contributed by atoms with van der Waals surface area (Å²) in [6.07, 6.45) is 0.0935. The normalized spacial score (nSPS) is 12.8. The zero-order valence-electron chi connectivity index (χ0n) is 13.2. The molecule has 0 bridgehead atoms. The Morgan fingerprint density at radius 3 is 2.39 bits per heavy atom. The Bertz CT molecular complexity index is 533. The monoisotopic (exact) mass is 321 g/mol. The molecule has 23 heavy (non-hydrogen) atoms. The molecule has 0 saturated heterocycles. The topological polar surface area (TPSA) is 108 Å². The molecule has 1 aromatic rings. The second kappa shape index (κ2) is 9.45. The third-order valence-corrected chi connectivity index (χ3v) is 3.12. The van der Waals surface area contributed by atoms with Crippen LogP contribution >= 0.6 is 0 Å². The predicted octanol–water partition coefficient (Wildman–Crippen LogP) is 0.336. The first-order valence-electron chi connectivity index (χ1n) is 7.42. The van der Waals surface area contributed by atoms with Crippen LogP contribution in [0.5, 0.6) is 0 Å². The fourth-order valence-corrected chi connectivity index (χ4v) is 1.84. The molecule has 0 aliphatic heterocycles. The standard InChI is InChI=1S/C16H22N2O5/c1-3-7-13(15(20)21)18-14(19)11(2)17-16(22)23-10-12-8-5-4-6-9-12/h4-6,8-9,11,13H,3,7,10H2,1-2H3,(H,17,22)(H,18,19)(H,20,21)/p-1/t11-,13+/m1/s1. The first kappa shape index (κ1) is 18.5. The highest BCUT2D eigenvalue weighted by atomic mass is 16.5. The molecule has 0 fully saturated rings. The SMILES string of the molecule is CCC[C@H](NC(=O)[C@@H](C)NC(=O)OCc1ccccc1)C(=O)[O-]. The summed E-state index contributed by atoms with van der Waals surface area (Å²) in [5.74, 6) is -1.96. The van der Waals surface area contributed by atoms with E-state index in [9.17, 15) is 19.5 Å². The second-order valence-electron chi connectivity index (χ2n) is 5.10. The van der Waals surface area contributed by atoms with Crippen molar-refractivity contribution in [2.45, 2.75) is 45.4 Å². The van der Waals surface area contributed by atoms with Crippen LogP contribution in [0, 0.1) is 0 Å². The molecule has 7 nitrogen and oxygen atoms in total.